The van der Waals surface area contributed by atoms with Crippen LogP contribution in [-0.2, 0) is 0 Å². The van der Waals surface area contributed by atoms with E-state index in [1.54, 1.807) is 0 Å². The SMILES string of the molecule is CCCN(C)c1[c]c2ccccc2cc1. The van der Waals surface area contributed by atoms with Crippen LogP contribution in [0.1, 0.15) is 13.3 Å². The van der Waals surface area contributed by atoms with Gasteiger partial charge in [-0.3, -0.25) is 0 Å². The predicted molar refractivity (Wildman–Crippen MR) is 66.3 cm³/mol. The third-order valence-electron chi connectivity index (χ3n) is 2.61. The molecule has 2 aromatic carbocycles. The summed E-state index contributed by atoms with van der Waals surface area (Å²) >= 11 is 0. The van der Waals surface area contributed by atoms with Gasteiger partial charge < -0.3 is 4.90 Å². The zero-order chi connectivity index (χ0) is 10.7. The summed E-state index contributed by atoms with van der Waals surface area (Å²) in [5, 5.41) is 2.45. The number of benzene rings is 2. The summed E-state index contributed by atoms with van der Waals surface area (Å²) in [6.07, 6.45) is 1.16. The van der Waals surface area contributed by atoms with Crippen LogP contribution in [0.4, 0.5) is 5.69 Å². The molecule has 0 aliphatic carbocycles. The highest BCUT2D eigenvalue weighted by molar-refractivity contribution is 5.85. The zero-order valence-corrected chi connectivity index (χ0v) is 9.33. The lowest BCUT2D eigenvalue weighted by atomic mass is 10.1. The lowest BCUT2D eigenvalue weighted by Crippen LogP contribution is -2.17. The normalized spacial score (nSPS) is 10.5. The van der Waals surface area contributed by atoms with Crippen LogP contribution < -0.4 is 4.90 Å². The number of rotatable bonds is 3. The fourth-order valence-electron chi connectivity index (χ4n) is 1.78. The Morgan fingerprint density at radius 1 is 1.13 bits per heavy atom. The molecule has 0 bridgehead atoms. The Morgan fingerprint density at radius 2 is 1.93 bits per heavy atom. The van der Waals surface area contributed by atoms with Crippen molar-refractivity contribution in [3.8, 4) is 0 Å². The molecule has 0 aliphatic rings. The maximum atomic E-state index is 3.44. The van der Waals surface area contributed by atoms with Gasteiger partial charge in [0.05, 0.1) is 0 Å². The van der Waals surface area contributed by atoms with E-state index >= 15 is 0 Å². The predicted octanol–water partition coefficient (Wildman–Crippen LogP) is 3.49. The largest absolute Gasteiger partial charge is 0.374 e. The minimum Gasteiger partial charge on any atom is -0.374 e. The molecule has 77 valence electrons. The first-order valence-corrected chi connectivity index (χ1v) is 5.43. The first kappa shape index (κ1) is 10.0. The van der Waals surface area contributed by atoms with Gasteiger partial charge in [0.1, 0.15) is 0 Å². The van der Waals surface area contributed by atoms with E-state index < -0.39 is 0 Å². The second kappa shape index (κ2) is 4.35. The van der Waals surface area contributed by atoms with Crippen LogP contribution in [0.3, 0.4) is 0 Å². The van der Waals surface area contributed by atoms with Gasteiger partial charge in [-0.25, -0.2) is 0 Å². The van der Waals surface area contributed by atoms with Crippen LogP contribution >= 0.6 is 0 Å². The summed E-state index contributed by atoms with van der Waals surface area (Å²) in [7, 11) is 2.12. The number of nitrogens with zero attached hydrogens (tertiary/aromatic N) is 1. The van der Waals surface area contributed by atoms with Crippen LogP contribution in [-0.4, -0.2) is 13.6 Å². The van der Waals surface area contributed by atoms with Crippen molar-refractivity contribution in [1.82, 2.24) is 0 Å². The average molecular weight is 198 g/mol. The Labute approximate surface area is 91.3 Å². The fourth-order valence-corrected chi connectivity index (χ4v) is 1.78. The van der Waals surface area contributed by atoms with Crippen molar-refractivity contribution in [2.75, 3.05) is 18.5 Å². The Hall–Kier alpha value is -1.50. The van der Waals surface area contributed by atoms with Crippen molar-refractivity contribution in [3.05, 3.63) is 42.5 Å². The van der Waals surface area contributed by atoms with Crippen LogP contribution in [0, 0.1) is 6.07 Å². The quantitative estimate of drug-likeness (QED) is 0.729. The van der Waals surface area contributed by atoms with E-state index in [4.69, 9.17) is 0 Å². The first-order chi connectivity index (χ1) is 7.31. The Morgan fingerprint density at radius 3 is 2.73 bits per heavy atom. The minimum atomic E-state index is 1.08. The van der Waals surface area contributed by atoms with Crippen molar-refractivity contribution in [2.24, 2.45) is 0 Å². The summed E-state index contributed by atoms with van der Waals surface area (Å²) in [5.41, 5.74) is 1.18. The Balaban J connectivity index is 2.38. The van der Waals surface area contributed by atoms with Gasteiger partial charge >= 0.3 is 0 Å². The maximum Gasteiger partial charge on any atom is 0.0450 e. The molecular formula is C14H16N. The van der Waals surface area contributed by atoms with Gasteiger partial charge in [-0.1, -0.05) is 37.3 Å². The summed E-state index contributed by atoms with van der Waals surface area (Å²) in [6, 6.07) is 16.1. The average Bonchev–Trinajstić information content (AvgIpc) is 2.29. The number of hydrogen-bond acceptors (Lipinski definition) is 1. The molecule has 1 nitrogen and oxygen atoms in total. The monoisotopic (exact) mass is 198 g/mol. The number of fused-ring (bicyclic) bond motifs is 1. The molecule has 0 amide bonds. The molecule has 0 aromatic heterocycles. The lowest BCUT2D eigenvalue weighted by molar-refractivity contribution is 0.852. The molecule has 1 heteroatoms. The van der Waals surface area contributed by atoms with Crippen molar-refractivity contribution in [2.45, 2.75) is 13.3 Å². The minimum absolute atomic E-state index is 1.08. The lowest BCUT2D eigenvalue weighted by Gasteiger charge is -2.18. The highest BCUT2D eigenvalue weighted by atomic mass is 15.1. The van der Waals surface area contributed by atoms with E-state index in [1.165, 1.54) is 16.5 Å². The fraction of sp³-hybridized carbons (Fsp3) is 0.286. The Bertz CT molecular complexity index is 448. The molecule has 2 rings (SSSR count). The van der Waals surface area contributed by atoms with E-state index in [-0.39, 0.29) is 0 Å². The second-order valence-corrected chi connectivity index (χ2v) is 3.85. The van der Waals surface area contributed by atoms with Gasteiger partial charge in [-0.2, -0.15) is 0 Å². The molecular weight excluding hydrogens is 182 g/mol. The van der Waals surface area contributed by atoms with Crippen LogP contribution in [0.15, 0.2) is 36.4 Å². The van der Waals surface area contributed by atoms with E-state index in [9.17, 15) is 0 Å². The molecule has 0 saturated carbocycles. The van der Waals surface area contributed by atoms with E-state index in [1.807, 2.05) is 0 Å². The first-order valence-electron chi connectivity index (χ1n) is 5.43. The number of hydrogen-bond donors (Lipinski definition) is 0. The standard InChI is InChI=1S/C14H16N/c1-3-10-15(2)14-9-8-12-6-4-5-7-13(12)11-14/h4-9H,3,10H2,1-2H3. The maximum absolute atomic E-state index is 3.44. The highest BCUT2D eigenvalue weighted by Gasteiger charge is 2.00. The van der Waals surface area contributed by atoms with Gasteiger partial charge in [-0.05, 0) is 23.3 Å². The van der Waals surface area contributed by atoms with Gasteiger partial charge in [-0.15, -0.1) is 0 Å². The molecule has 0 aliphatic heterocycles. The molecule has 0 unspecified atom stereocenters. The summed E-state index contributed by atoms with van der Waals surface area (Å²) in [4.78, 5) is 2.24. The summed E-state index contributed by atoms with van der Waals surface area (Å²) in [5.74, 6) is 0. The third kappa shape index (κ3) is 2.12. The molecule has 0 heterocycles. The molecule has 0 atom stereocenters. The van der Waals surface area contributed by atoms with Crippen LogP contribution in [0.2, 0.25) is 0 Å². The highest BCUT2D eigenvalue weighted by Crippen LogP contribution is 2.20. The van der Waals surface area contributed by atoms with Crippen LogP contribution in [0.25, 0.3) is 10.8 Å². The molecule has 2 aromatic rings. The van der Waals surface area contributed by atoms with E-state index in [0.29, 0.717) is 0 Å². The molecule has 0 spiro atoms. The topological polar surface area (TPSA) is 3.24 Å². The van der Waals surface area contributed by atoms with E-state index in [2.05, 4.69) is 61.3 Å². The number of anilines is 1. The van der Waals surface area contributed by atoms with Gasteiger partial charge in [0.2, 0.25) is 0 Å². The van der Waals surface area contributed by atoms with Crippen molar-refractivity contribution in [3.63, 3.8) is 0 Å². The van der Waals surface area contributed by atoms with Crippen molar-refractivity contribution >= 4 is 16.5 Å². The molecule has 0 saturated heterocycles. The third-order valence-corrected chi connectivity index (χ3v) is 2.61. The van der Waals surface area contributed by atoms with Crippen LogP contribution in [0.5, 0.6) is 0 Å². The second-order valence-electron chi connectivity index (χ2n) is 3.85. The van der Waals surface area contributed by atoms with Crippen molar-refractivity contribution < 1.29 is 0 Å². The molecule has 1 radical (unpaired) electrons. The van der Waals surface area contributed by atoms with E-state index in [0.717, 1.165) is 13.0 Å². The summed E-state index contributed by atoms with van der Waals surface area (Å²) < 4.78 is 0. The van der Waals surface area contributed by atoms with Gasteiger partial charge in [0.15, 0.2) is 0 Å². The smallest absolute Gasteiger partial charge is 0.0450 e. The summed E-state index contributed by atoms with van der Waals surface area (Å²) in [6.45, 7) is 3.27. The molecule has 0 fully saturated rings. The van der Waals surface area contributed by atoms with Gasteiger partial charge in [0, 0.05) is 25.3 Å². The van der Waals surface area contributed by atoms with Crippen molar-refractivity contribution in [1.29, 1.82) is 0 Å². The molecule has 0 N–H and O–H groups in total. The Kier molecular flexibility index (Phi) is 2.91. The van der Waals surface area contributed by atoms with Gasteiger partial charge in [0.25, 0.3) is 0 Å². The molecule has 15 heavy (non-hydrogen) atoms. The zero-order valence-electron chi connectivity index (χ0n) is 9.33.